The summed E-state index contributed by atoms with van der Waals surface area (Å²) in [5.41, 5.74) is 6.47. The molecule has 0 spiro atoms. The van der Waals surface area contributed by atoms with E-state index in [0.717, 1.165) is 83.8 Å². The highest BCUT2D eigenvalue weighted by Gasteiger charge is 2.53. The molecule has 5 aromatic rings. The second kappa shape index (κ2) is 16.8. The lowest BCUT2D eigenvalue weighted by Crippen LogP contribution is -2.54. The first-order chi connectivity index (χ1) is 30.0. The van der Waals surface area contributed by atoms with Crippen molar-refractivity contribution in [1.29, 1.82) is 0 Å². The van der Waals surface area contributed by atoms with Crippen LogP contribution >= 0.6 is 0 Å². The number of methoxy groups -OCH3 is 1. The van der Waals surface area contributed by atoms with Crippen LogP contribution in [0.3, 0.4) is 0 Å². The average Bonchev–Trinajstić information content (AvgIpc) is 4.16. The number of aromatic nitrogens is 4. The fourth-order valence-corrected chi connectivity index (χ4v) is 10.4. The second-order valence-corrected chi connectivity index (χ2v) is 17.8. The van der Waals surface area contributed by atoms with Crippen molar-refractivity contribution in [2.45, 2.75) is 88.7 Å². The number of imidazole rings is 2. The summed E-state index contributed by atoms with van der Waals surface area (Å²) in [5.74, 6) is 1.65. The van der Waals surface area contributed by atoms with Gasteiger partial charge in [0.2, 0.25) is 12.0 Å². The molecule has 3 aromatic carbocycles. The van der Waals surface area contributed by atoms with Gasteiger partial charge in [-0.3, -0.25) is 9.59 Å². The van der Waals surface area contributed by atoms with Crippen molar-refractivity contribution in [1.82, 2.24) is 40.0 Å². The Hall–Kier alpha value is -6.44. The van der Waals surface area contributed by atoms with Crippen molar-refractivity contribution in [2.24, 2.45) is 17.8 Å². The van der Waals surface area contributed by atoms with Gasteiger partial charge in [-0.25, -0.2) is 19.6 Å². The number of likely N-dealkylation sites (tertiary alicyclic amines) is 2. The van der Waals surface area contributed by atoms with Gasteiger partial charge in [0.25, 0.3) is 5.91 Å². The third-order valence-electron chi connectivity index (χ3n) is 13.5. The van der Waals surface area contributed by atoms with Gasteiger partial charge in [0.15, 0.2) is 0 Å². The Morgan fingerprint density at radius 3 is 1.65 bits per heavy atom. The van der Waals surface area contributed by atoms with Gasteiger partial charge in [0.1, 0.15) is 17.7 Å². The fourth-order valence-electron chi connectivity index (χ4n) is 10.4. The SMILES string of the molecule is COC(=O)N[C@H](C(=O)N1[C@@H]2CC[C@H](C2)[C@H]1c1ncc(-c2ccc(-c3ccc(-c4cnc([C@@H]5[C@@H]6CC[C@H](C6)N5C(=O)[C@H](OC(=O)N(C)C)c5ccccc5)[nH]4)cc3)cc2)[nH]1)C(C)C. The molecular weight excluding hydrogens is 785 g/mol. The van der Waals surface area contributed by atoms with Crippen LogP contribution in [0.4, 0.5) is 9.59 Å². The number of aromatic amines is 2. The van der Waals surface area contributed by atoms with E-state index in [1.54, 1.807) is 14.1 Å². The predicted molar refractivity (Wildman–Crippen MR) is 232 cm³/mol. The Labute approximate surface area is 361 Å². The summed E-state index contributed by atoms with van der Waals surface area (Å²) in [7, 11) is 4.52. The van der Waals surface area contributed by atoms with Gasteiger partial charge in [0.05, 0.1) is 43.0 Å². The summed E-state index contributed by atoms with van der Waals surface area (Å²) in [5, 5.41) is 2.76. The normalized spacial score (nSPS) is 23.4. The molecule has 2 aliphatic carbocycles. The lowest BCUT2D eigenvalue weighted by molar-refractivity contribution is -0.146. The summed E-state index contributed by atoms with van der Waals surface area (Å²) in [6.45, 7) is 3.85. The Bertz CT molecular complexity index is 2430. The molecule has 0 unspecified atom stereocenters. The topological polar surface area (TPSA) is 166 Å². The highest BCUT2D eigenvalue weighted by atomic mass is 16.6. The van der Waals surface area contributed by atoms with Gasteiger partial charge in [-0.1, -0.05) is 92.7 Å². The molecule has 14 heteroatoms. The molecule has 62 heavy (non-hydrogen) atoms. The number of carbonyl (C=O) groups is 4. The van der Waals surface area contributed by atoms with Crippen molar-refractivity contribution in [3.8, 4) is 33.6 Å². The quantitative estimate of drug-likeness (QED) is 0.120. The third kappa shape index (κ3) is 7.60. The van der Waals surface area contributed by atoms with Crippen LogP contribution in [0.5, 0.6) is 0 Å². The molecular formula is C48H54N8O6. The zero-order valence-corrected chi connectivity index (χ0v) is 35.8. The number of ether oxygens (including phenoxy) is 2. The van der Waals surface area contributed by atoms with E-state index in [1.165, 1.54) is 12.0 Å². The van der Waals surface area contributed by atoms with E-state index in [0.29, 0.717) is 11.5 Å². The van der Waals surface area contributed by atoms with Crippen LogP contribution in [0.15, 0.2) is 91.3 Å². The molecule has 4 heterocycles. The third-order valence-corrected chi connectivity index (χ3v) is 13.5. The van der Waals surface area contributed by atoms with Crippen LogP contribution in [0.25, 0.3) is 33.6 Å². The average molecular weight is 839 g/mol. The molecule has 3 N–H and O–H groups in total. The number of piperidine rings is 2. The van der Waals surface area contributed by atoms with Crippen LogP contribution in [0.1, 0.15) is 87.8 Å². The van der Waals surface area contributed by atoms with Crippen LogP contribution in [-0.4, -0.2) is 98.0 Å². The van der Waals surface area contributed by atoms with Crippen molar-refractivity contribution in [2.75, 3.05) is 21.2 Å². The second-order valence-electron chi connectivity index (χ2n) is 17.8. The number of rotatable bonds is 11. The monoisotopic (exact) mass is 838 g/mol. The first-order valence-corrected chi connectivity index (χ1v) is 21.7. The molecule has 9 rings (SSSR count). The number of benzene rings is 3. The van der Waals surface area contributed by atoms with Crippen molar-refractivity contribution in [3.05, 3.63) is 108 Å². The lowest BCUT2D eigenvalue weighted by Gasteiger charge is -2.37. The highest BCUT2D eigenvalue weighted by Crippen LogP contribution is 2.52. The van der Waals surface area contributed by atoms with Gasteiger partial charge in [-0.2, -0.15) is 0 Å². The Kier molecular flexibility index (Phi) is 11.1. The van der Waals surface area contributed by atoms with Crippen LogP contribution in [0, 0.1) is 17.8 Å². The molecule has 4 bridgehead atoms. The van der Waals surface area contributed by atoms with E-state index in [4.69, 9.17) is 19.4 Å². The van der Waals surface area contributed by atoms with E-state index in [9.17, 15) is 19.2 Å². The molecule has 14 nitrogen and oxygen atoms in total. The van der Waals surface area contributed by atoms with Crippen molar-refractivity contribution in [3.63, 3.8) is 0 Å². The van der Waals surface area contributed by atoms with Crippen LogP contribution < -0.4 is 5.32 Å². The number of amides is 4. The molecule has 2 aromatic heterocycles. The van der Waals surface area contributed by atoms with Crippen molar-refractivity contribution >= 4 is 24.0 Å². The van der Waals surface area contributed by atoms with Crippen LogP contribution in [0.2, 0.25) is 0 Å². The van der Waals surface area contributed by atoms with E-state index in [2.05, 4.69) is 63.8 Å². The largest absolute Gasteiger partial charge is 0.453 e. The number of H-pyrrole nitrogens is 2. The first-order valence-electron chi connectivity index (χ1n) is 21.7. The number of hydrogen-bond donors (Lipinski definition) is 3. The van der Waals surface area contributed by atoms with Gasteiger partial charge in [-0.15, -0.1) is 0 Å². The molecule has 2 saturated carbocycles. The molecule has 2 aliphatic heterocycles. The number of hydrogen-bond acceptors (Lipinski definition) is 8. The maximum Gasteiger partial charge on any atom is 0.410 e. The van der Waals surface area contributed by atoms with E-state index in [1.807, 2.05) is 66.4 Å². The maximum absolute atomic E-state index is 14.4. The van der Waals surface area contributed by atoms with E-state index >= 15 is 0 Å². The number of nitrogens with zero attached hydrogens (tertiary/aromatic N) is 5. The molecule has 2 saturated heterocycles. The summed E-state index contributed by atoms with van der Waals surface area (Å²) in [6.07, 6.45) is 7.16. The molecule has 4 amide bonds. The first kappa shape index (κ1) is 40.9. The number of fused-ring (bicyclic) bond motifs is 4. The molecule has 4 aliphatic rings. The number of alkyl carbamates (subject to hydrolysis) is 1. The Morgan fingerprint density at radius 1 is 0.694 bits per heavy atom. The van der Waals surface area contributed by atoms with E-state index in [-0.39, 0.29) is 47.8 Å². The van der Waals surface area contributed by atoms with E-state index < -0.39 is 24.3 Å². The molecule has 8 atom stereocenters. The van der Waals surface area contributed by atoms with Gasteiger partial charge >= 0.3 is 12.2 Å². The Balaban J connectivity index is 0.889. The smallest absolute Gasteiger partial charge is 0.410 e. The Morgan fingerprint density at radius 2 is 1.18 bits per heavy atom. The predicted octanol–water partition coefficient (Wildman–Crippen LogP) is 8.06. The molecule has 0 radical (unpaired) electrons. The zero-order chi connectivity index (χ0) is 43.2. The fraction of sp³-hybridized carbons (Fsp3) is 0.417. The van der Waals surface area contributed by atoms with Gasteiger partial charge < -0.3 is 39.5 Å². The maximum atomic E-state index is 14.4. The van der Waals surface area contributed by atoms with Crippen molar-refractivity contribution < 1.29 is 28.7 Å². The molecule has 322 valence electrons. The summed E-state index contributed by atoms with van der Waals surface area (Å²) >= 11 is 0. The standard InChI is InChI=1S/C48H54N8O6/c1-27(2)39(53-47(59)61-5)45(57)55-35-21-19-33(23-35)40(55)43-49-25-37(51-43)30-15-11-28(12-16-30)29-13-17-31(18-14-29)38-26-50-44(52-38)41-34-20-22-36(24-34)56(41)46(58)42(62-48(60)54(3)4)32-9-7-6-8-10-32/h6-18,25-27,33-36,39-42H,19-24H2,1-5H3,(H,49,51)(H,50,52)(H,53,59)/t33-,34-,35-,36-,39+,40+,41+,42-/m1/s1. The van der Waals surface area contributed by atoms with Gasteiger partial charge in [-0.05, 0) is 78.5 Å². The zero-order valence-electron chi connectivity index (χ0n) is 35.8. The summed E-state index contributed by atoms with van der Waals surface area (Å²) < 4.78 is 10.6. The number of carbonyl (C=O) groups excluding carboxylic acids is 4. The lowest BCUT2D eigenvalue weighted by atomic mass is 9.95. The summed E-state index contributed by atoms with van der Waals surface area (Å²) in [4.78, 5) is 75.1. The minimum Gasteiger partial charge on any atom is -0.453 e. The minimum atomic E-state index is -1.06. The molecule has 4 fully saturated rings. The highest BCUT2D eigenvalue weighted by molar-refractivity contribution is 5.87. The van der Waals surface area contributed by atoms with Crippen LogP contribution in [-0.2, 0) is 19.1 Å². The minimum absolute atomic E-state index is 0.0561. The number of nitrogens with one attached hydrogen (secondary N) is 3. The summed E-state index contributed by atoms with van der Waals surface area (Å²) in [6, 6.07) is 25.0. The van der Waals surface area contributed by atoms with Gasteiger partial charge in [0, 0.05) is 31.7 Å².